The van der Waals surface area contributed by atoms with E-state index in [1.165, 1.54) is 25.3 Å². The Morgan fingerprint density at radius 1 is 1.13 bits per heavy atom. The van der Waals surface area contributed by atoms with E-state index in [9.17, 15) is 8.78 Å². The highest BCUT2D eigenvalue weighted by Crippen LogP contribution is 2.22. The molecule has 0 radical (unpaired) electrons. The number of hydrogen-bond acceptors (Lipinski definition) is 4. The number of nitrogens with one attached hydrogen (secondary N) is 2. The molecule has 162 valence electrons. The van der Waals surface area contributed by atoms with Crippen molar-refractivity contribution in [1.29, 1.82) is 0 Å². The van der Waals surface area contributed by atoms with Gasteiger partial charge in [-0.3, -0.25) is 9.89 Å². The maximum absolute atomic E-state index is 13.9. The molecule has 1 fully saturated rings. The molecule has 1 aliphatic rings. The van der Waals surface area contributed by atoms with Crippen molar-refractivity contribution < 1.29 is 18.3 Å². The average molecular weight is 418 g/mol. The quantitative estimate of drug-likeness (QED) is 0.535. The van der Waals surface area contributed by atoms with Crippen molar-refractivity contribution in [2.24, 2.45) is 4.99 Å². The van der Waals surface area contributed by atoms with E-state index in [4.69, 9.17) is 9.47 Å². The zero-order valence-corrected chi connectivity index (χ0v) is 17.3. The first-order chi connectivity index (χ1) is 14.6. The molecular formula is C22H28F2N4O2. The lowest BCUT2D eigenvalue weighted by molar-refractivity contribution is 0.0170. The second kappa shape index (κ2) is 10.9. The van der Waals surface area contributed by atoms with E-state index >= 15 is 0 Å². The molecule has 0 spiro atoms. The molecule has 0 aliphatic carbocycles. The molecule has 1 atom stereocenters. The van der Waals surface area contributed by atoms with Crippen molar-refractivity contribution in [2.45, 2.75) is 12.6 Å². The highest BCUT2D eigenvalue weighted by molar-refractivity contribution is 5.79. The minimum Gasteiger partial charge on any atom is -0.494 e. The predicted octanol–water partition coefficient (Wildman–Crippen LogP) is 2.71. The van der Waals surface area contributed by atoms with Gasteiger partial charge in [-0.1, -0.05) is 18.2 Å². The van der Waals surface area contributed by atoms with Crippen LogP contribution in [0.15, 0.2) is 47.5 Å². The van der Waals surface area contributed by atoms with Crippen LogP contribution >= 0.6 is 0 Å². The first kappa shape index (κ1) is 22.0. The molecule has 1 heterocycles. The van der Waals surface area contributed by atoms with Crippen LogP contribution < -0.4 is 15.4 Å². The molecular weight excluding hydrogens is 390 g/mol. The summed E-state index contributed by atoms with van der Waals surface area (Å²) in [7, 11) is 3.12. The van der Waals surface area contributed by atoms with Crippen LogP contribution in [0.2, 0.25) is 0 Å². The van der Waals surface area contributed by atoms with E-state index in [1.807, 2.05) is 12.1 Å². The van der Waals surface area contributed by atoms with E-state index in [1.54, 1.807) is 19.2 Å². The van der Waals surface area contributed by atoms with Gasteiger partial charge in [-0.15, -0.1) is 0 Å². The Morgan fingerprint density at radius 3 is 2.50 bits per heavy atom. The van der Waals surface area contributed by atoms with E-state index in [2.05, 4.69) is 20.5 Å². The summed E-state index contributed by atoms with van der Waals surface area (Å²) in [6.45, 7) is 3.96. The van der Waals surface area contributed by atoms with Gasteiger partial charge in [-0.05, 0) is 35.4 Å². The topological polar surface area (TPSA) is 58.1 Å². The number of rotatable bonds is 7. The van der Waals surface area contributed by atoms with Crippen LogP contribution in [-0.2, 0) is 11.3 Å². The van der Waals surface area contributed by atoms with E-state index in [-0.39, 0.29) is 17.6 Å². The Balaban J connectivity index is 1.62. The van der Waals surface area contributed by atoms with Crippen molar-refractivity contribution in [3.8, 4) is 5.75 Å². The SMILES string of the molecule is CN=C(NCc1ccc(OC)c(F)c1)NCC(c1ccc(F)cc1)N1CCOCC1. The van der Waals surface area contributed by atoms with Gasteiger partial charge < -0.3 is 20.1 Å². The van der Waals surface area contributed by atoms with Crippen LogP contribution in [-0.4, -0.2) is 57.9 Å². The maximum Gasteiger partial charge on any atom is 0.191 e. The molecule has 3 rings (SSSR count). The van der Waals surface area contributed by atoms with Gasteiger partial charge in [0.25, 0.3) is 0 Å². The summed E-state index contributed by atoms with van der Waals surface area (Å²) in [6, 6.07) is 11.5. The van der Waals surface area contributed by atoms with Gasteiger partial charge in [0.2, 0.25) is 0 Å². The average Bonchev–Trinajstić information content (AvgIpc) is 2.78. The predicted molar refractivity (Wildman–Crippen MR) is 113 cm³/mol. The highest BCUT2D eigenvalue weighted by atomic mass is 19.1. The molecule has 0 saturated carbocycles. The lowest BCUT2D eigenvalue weighted by atomic mass is 10.0. The summed E-state index contributed by atoms with van der Waals surface area (Å²) in [5.41, 5.74) is 1.80. The molecule has 1 unspecified atom stereocenters. The second-order valence-electron chi connectivity index (χ2n) is 6.99. The molecule has 2 aromatic carbocycles. The van der Waals surface area contributed by atoms with Crippen molar-refractivity contribution in [3.63, 3.8) is 0 Å². The normalized spacial score (nSPS) is 16.2. The number of ether oxygens (including phenoxy) is 2. The van der Waals surface area contributed by atoms with Gasteiger partial charge in [-0.2, -0.15) is 0 Å². The van der Waals surface area contributed by atoms with Crippen molar-refractivity contribution in [3.05, 3.63) is 65.2 Å². The van der Waals surface area contributed by atoms with Crippen LogP contribution in [0, 0.1) is 11.6 Å². The number of aliphatic imine (C=N–C) groups is 1. The summed E-state index contributed by atoms with van der Waals surface area (Å²) in [4.78, 5) is 6.57. The summed E-state index contributed by atoms with van der Waals surface area (Å²) in [6.07, 6.45) is 0. The Bertz CT molecular complexity index is 840. The van der Waals surface area contributed by atoms with Crippen molar-refractivity contribution >= 4 is 5.96 Å². The van der Waals surface area contributed by atoms with Crippen LogP contribution in [0.3, 0.4) is 0 Å². The van der Waals surface area contributed by atoms with Gasteiger partial charge in [0.15, 0.2) is 17.5 Å². The standard InChI is InChI=1S/C22H28F2N4O2/c1-25-22(26-14-16-3-8-21(29-2)19(24)13-16)27-15-20(28-9-11-30-12-10-28)17-4-6-18(23)7-5-17/h3-8,13,20H,9-12,14-15H2,1-2H3,(H2,25,26,27). The maximum atomic E-state index is 13.9. The zero-order valence-electron chi connectivity index (χ0n) is 17.3. The van der Waals surface area contributed by atoms with E-state index in [0.29, 0.717) is 32.3 Å². The first-order valence-electron chi connectivity index (χ1n) is 9.95. The molecule has 8 heteroatoms. The lowest BCUT2D eigenvalue weighted by Crippen LogP contribution is -2.46. The van der Waals surface area contributed by atoms with E-state index < -0.39 is 5.82 Å². The number of hydrogen-bond donors (Lipinski definition) is 2. The fourth-order valence-corrected chi connectivity index (χ4v) is 3.45. The summed E-state index contributed by atoms with van der Waals surface area (Å²) in [5.74, 6) is 0.167. The number of nitrogens with zero attached hydrogens (tertiary/aromatic N) is 2. The summed E-state index contributed by atoms with van der Waals surface area (Å²) in [5, 5.41) is 6.53. The van der Waals surface area contributed by atoms with Gasteiger partial charge in [0, 0.05) is 33.2 Å². The third-order valence-corrected chi connectivity index (χ3v) is 5.10. The second-order valence-corrected chi connectivity index (χ2v) is 6.99. The molecule has 2 aromatic rings. The van der Waals surface area contributed by atoms with Gasteiger partial charge in [0.05, 0.1) is 26.4 Å². The third kappa shape index (κ3) is 5.90. The summed E-state index contributed by atoms with van der Waals surface area (Å²) >= 11 is 0. The number of halogens is 2. The number of morpholine rings is 1. The molecule has 6 nitrogen and oxygen atoms in total. The van der Waals surface area contributed by atoms with Crippen LogP contribution in [0.25, 0.3) is 0 Å². The smallest absolute Gasteiger partial charge is 0.191 e. The van der Waals surface area contributed by atoms with Gasteiger partial charge in [0.1, 0.15) is 5.82 Å². The van der Waals surface area contributed by atoms with Crippen LogP contribution in [0.4, 0.5) is 8.78 Å². The molecule has 30 heavy (non-hydrogen) atoms. The minimum absolute atomic E-state index is 0.0477. The lowest BCUT2D eigenvalue weighted by Gasteiger charge is -2.35. The number of methoxy groups -OCH3 is 1. The Labute approximate surface area is 175 Å². The van der Waals surface area contributed by atoms with E-state index in [0.717, 1.165) is 24.2 Å². The van der Waals surface area contributed by atoms with Crippen LogP contribution in [0.5, 0.6) is 5.75 Å². The molecule has 0 aromatic heterocycles. The zero-order chi connectivity index (χ0) is 21.3. The summed E-state index contributed by atoms with van der Waals surface area (Å²) < 4.78 is 37.7. The van der Waals surface area contributed by atoms with Crippen LogP contribution in [0.1, 0.15) is 17.2 Å². The number of benzene rings is 2. The Kier molecular flexibility index (Phi) is 7.98. The van der Waals surface area contributed by atoms with Gasteiger partial charge in [-0.25, -0.2) is 8.78 Å². The molecule has 0 amide bonds. The fraction of sp³-hybridized carbons (Fsp3) is 0.409. The minimum atomic E-state index is -0.400. The van der Waals surface area contributed by atoms with Gasteiger partial charge >= 0.3 is 0 Å². The Hall–Kier alpha value is -2.71. The molecule has 2 N–H and O–H groups in total. The van der Waals surface area contributed by atoms with Crippen molar-refractivity contribution in [2.75, 3.05) is 47.0 Å². The highest BCUT2D eigenvalue weighted by Gasteiger charge is 2.23. The molecule has 1 saturated heterocycles. The number of guanidine groups is 1. The molecule has 1 aliphatic heterocycles. The fourth-order valence-electron chi connectivity index (χ4n) is 3.45. The molecule has 0 bridgehead atoms. The first-order valence-corrected chi connectivity index (χ1v) is 9.95. The van der Waals surface area contributed by atoms with Crippen molar-refractivity contribution in [1.82, 2.24) is 15.5 Å². The third-order valence-electron chi connectivity index (χ3n) is 5.10. The monoisotopic (exact) mass is 418 g/mol. The largest absolute Gasteiger partial charge is 0.494 e. The Morgan fingerprint density at radius 2 is 1.87 bits per heavy atom.